The molecule has 0 bridgehead atoms. The number of carboxylic acids is 1. The van der Waals surface area contributed by atoms with E-state index in [0.29, 0.717) is 23.2 Å². The van der Waals surface area contributed by atoms with E-state index in [-0.39, 0.29) is 11.3 Å². The number of carboxylic acid groups (broad SMARTS) is 1. The van der Waals surface area contributed by atoms with Crippen LogP contribution in [-0.2, 0) is 6.54 Å². The highest BCUT2D eigenvalue weighted by atomic mass is 16.4. The van der Waals surface area contributed by atoms with E-state index in [1.807, 2.05) is 0 Å². The van der Waals surface area contributed by atoms with Crippen molar-refractivity contribution in [2.75, 3.05) is 0 Å². The maximum atomic E-state index is 12.5. The van der Waals surface area contributed by atoms with Gasteiger partial charge in [-0.2, -0.15) is 5.10 Å². The molecule has 0 aliphatic heterocycles. The lowest BCUT2D eigenvalue weighted by Crippen LogP contribution is -2.27. The van der Waals surface area contributed by atoms with Crippen LogP contribution in [0.1, 0.15) is 49.0 Å². The molecule has 0 radical (unpaired) electrons. The van der Waals surface area contributed by atoms with E-state index in [0.717, 1.165) is 6.42 Å². The predicted molar refractivity (Wildman–Crippen MR) is 84.2 cm³/mol. The van der Waals surface area contributed by atoms with Crippen molar-refractivity contribution in [3.05, 3.63) is 40.3 Å². The van der Waals surface area contributed by atoms with Crippen molar-refractivity contribution in [1.82, 2.24) is 9.78 Å². The quantitative estimate of drug-likeness (QED) is 0.942. The summed E-state index contributed by atoms with van der Waals surface area (Å²) in [6, 6.07) is 6.78. The number of aromatic nitrogens is 2. The summed E-state index contributed by atoms with van der Waals surface area (Å²) in [7, 11) is 0. The maximum Gasteiger partial charge on any atom is 0.357 e. The van der Waals surface area contributed by atoms with Crippen LogP contribution in [0.5, 0.6) is 0 Å². The second-order valence-corrected chi connectivity index (χ2v) is 6.02. The SMILES string of the molecule is O=C(O)c1nn(CCC2CCCCC2)c(=O)c2ccccc12. The average molecular weight is 300 g/mol. The smallest absolute Gasteiger partial charge is 0.357 e. The fraction of sp³-hybridized carbons (Fsp3) is 0.471. The molecule has 1 aliphatic rings. The minimum absolute atomic E-state index is 0.0427. The molecule has 0 spiro atoms. The number of hydrogen-bond donors (Lipinski definition) is 1. The van der Waals surface area contributed by atoms with Crippen molar-refractivity contribution < 1.29 is 9.90 Å². The molecule has 0 saturated heterocycles. The molecule has 0 unspecified atom stereocenters. The highest BCUT2D eigenvalue weighted by Gasteiger charge is 2.17. The Morgan fingerprint density at radius 3 is 2.55 bits per heavy atom. The molecule has 1 aromatic carbocycles. The molecule has 22 heavy (non-hydrogen) atoms. The average Bonchev–Trinajstić information content (AvgIpc) is 2.55. The molecule has 5 heteroatoms. The Hall–Kier alpha value is -2.17. The third-order valence-corrected chi connectivity index (χ3v) is 4.54. The summed E-state index contributed by atoms with van der Waals surface area (Å²) < 4.78 is 1.33. The third kappa shape index (κ3) is 2.89. The normalized spacial score (nSPS) is 16.0. The Balaban J connectivity index is 1.93. The number of aryl methyl sites for hydroxylation is 1. The number of benzene rings is 1. The molecule has 116 valence electrons. The number of carbonyl (C=O) groups is 1. The molecule has 0 amide bonds. The lowest BCUT2D eigenvalue weighted by atomic mass is 9.87. The molecule has 1 heterocycles. The van der Waals surface area contributed by atoms with Crippen LogP contribution in [0.15, 0.2) is 29.1 Å². The first kappa shape index (κ1) is 14.8. The van der Waals surface area contributed by atoms with Gasteiger partial charge < -0.3 is 5.11 Å². The van der Waals surface area contributed by atoms with Gasteiger partial charge in [0.15, 0.2) is 5.69 Å². The second-order valence-electron chi connectivity index (χ2n) is 6.02. The van der Waals surface area contributed by atoms with Gasteiger partial charge >= 0.3 is 5.97 Å². The Kier molecular flexibility index (Phi) is 4.22. The van der Waals surface area contributed by atoms with Crippen LogP contribution in [0.3, 0.4) is 0 Å². The minimum atomic E-state index is -1.09. The maximum absolute atomic E-state index is 12.5. The van der Waals surface area contributed by atoms with E-state index >= 15 is 0 Å². The van der Waals surface area contributed by atoms with E-state index in [4.69, 9.17) is 0 Å². The van der Waals surface area contributed by atoms with Crippen molar-refractivity contribution >= 4 is 16.7 Å². The molecule has 1 saturated carbocycles. The van der Waals surface area contributed by atoms with Gasteiger partial charge in [-0.05, 0) is 18.4 Å². The highest BCUT2D eigenvalue weighted by molar-refractivity contribution is 6.01. The Morgan fingerprint density at radius 2 is 1.86 bits per heavy atom. The summed E-state index contributed by atoms with van der Waals surface area (Å²) in [6.07, 6.45) is 7.11. The van der Waals surface area contributed by atoms with Crippen LogP contribution in [0.2, 0.25) is 0 Å². The van der Waals surface area contributed by atoms with Crippen LogP contribution in [0.25, 0.3) is 10.8 Å². The minimum Gasteiger partial charge on any atom is -0.476 e. The van der Waals surface area contributed by atoms with Crippen molar-refractivity contribution in [3.63, 3.8) is 0 Å². The van der Waals surface area contributed by atoms with Crippen LogP contribution in [0.4, 0.5) is 0 Å². The molecular formula is C17H20N2O3. The summed E-state index contributed by atoms with van der Waals surface area (Å²) in [5, 5.41) is 14.3. The Labute approximate surface area is 128 Å². The van der Waals surface area contributed by atoms with Crippen LogP contribution in [-0.4, -0.2) is 20.9 Å². The summed E-state index contributed by atoms with van der Waals surface area (Å²) in [5.74, 6) is -0.468. The van der Waals surface area contributed by atoms with E-state index in [2.05, 4.69) is 5.10 Å². The van der Waals surface area contributed by atoms with Gasteiger partial charge in [0.05, 0.1) is 5.39 Å². The molecule has 1 fully saturated rings. The van der Waals surface area contributed by atoms with Gasteiger partial charge in [0.1, 0.15) is 0 Å². The predicted octanol–water partition coefficient (Wildman–Crippen LogP) is 3.07. The van der Waals surface area contributed by atoms with Crippen LogP contribution in [0, 0.1) is 5.92 Å². The lowest BCUT2D eigenvalue weighted by Gasteiger charge is -2.21. The zero-order valence-corrected chi connectivity index (χ0v) is 12.5. The Bertz CT molecular complexity index is 745. The monoisotopic (exact) mass is 300 g/mol. The first-order valence-electron chi connectivity index (χ1n) is 7.90. The molecular weight excluding hydrogens is 280 g/mol. The number of rotatable bonds is 4. The summed E-state index contributed by atoms with van der Waals surface area (Å²) in [6.45, 7) is 0.495. The van der Waals surface area contributed by atoms with Gasteiger partial charge in [-0.3, -0.25) is 4.79 Å². The zero-order chi connectivity index (χ0) is 15.5. The second kappa shape index (κ2) is 6.30. The topological polar surface area (TPSA) is 72.2 Å². The van der Waals surface area contributed by atoms with Gasteiger partial charge in [0, 0.05) is 11.9 Å². The highest BCUT2D eigenvalue weighted by Crippen LogP contribution is 2.26. The summed E-state index contributed by atoms with van der Waals surface area (Å²) in [5.41, 5.74) is -0.241. The van der Waals surface area contributed by atoms with Gasteiger partial charge in [-0.15, -0.1) is 0 Å². The molecule has 2 aromatic rings. The first-order valence-corrected chi connectivity index (χ1v) is 7.90. The van der Waals surface area contributed by atoms with Gasteiger partial charge in [-0.25, -0.2) is 9.48 Å². The summed E-state index contributed by atoms with van der Waals surface area (Å²) in [4.78, 5) is 23.9. The molecule has 0 atom stereocenters. The number of fused-ring (bicyclic) bond motifs is 1. The van der Waals surface area contributed by atoms with Crippen molar-refractivity contribution in [1.29, 1.82) is 0 Å². The van der Waals surface area contributed by atoms with Gasteiger partial charge in [0.25, 0.3) is 5.56 Å². The molecule has 1 aliphatic carbocycles. The third-order valence-electron chi connectivity index (χ3n) is 4.54. The van der Waals surface area contributed by atoms with Gasteiger partial charge in [0.2, 0.25) is 0 Å². The van der Waals surface area contributed by atoms with E-state index in [9.17, 15) is 14.7 Å². The van der Waals surface area contributed by atoms with Crippen molar-refractivity contribution in [3.8, 4) is 0 Å². The van der Waals surface area contributed by atoms with E-state index < -0.39 is 5.97 Å². The summed E-state index contributed by atoms with van der Waals surface area (Å²) >= 11 is 0. The lowest BCUT2D eigenvalue weighted by molar-refractivity contribution is 0.0690. The van der Waals surface area contributed by atoms with Gasteiger partial charge in [-0.1, -0.05) is 50.3 Å². The molecule has 3 rings (SSSR count). The standard InChI is InChI=1S/C17H20N2O3/c20-16-14-9-5-4-8-13(14)15(17(21)22)18-19(16)11-10-12-6-2-1-3-7-12/h4-5,8-9,12H,1-3,6-7,10-11H2,(H,21,22). The first-order chi connectivity index (χ1) is 10.7. The van der Waals surface area contributed by atoms with E-state index in [1.165, 1.54) is 36.8 Å². The number of nitrogens with zero attached hydrogens (tertiary/aromatic N) is 2. The van der Waals surface area contributed by atoms with Crippen LogP contribution >= 0.6 is 0 Å². The molecule has 1 aromatic heterocycles. The van der Waals surface area contributed by atoms with Crippen molar-refractivity contribution in [2.24, 2.45) is 5.92 Å². The number of hydrogen-bond acceptors (Lipinski definition) is 3. The number of aromatic carboxylic acids is 1. The largest absolute Gasteiger partial charge is 0.476 e. The Morgan fingerprint density at radius 1 is 1.18 bits per heavy atom. The molecule has 1 N–H and O–H groups in total. The van der Waals surface area contributed by atoms with E-state index in [1.54, 1.807) is 24.3 Å². The zero-order valence-electron chi connectivity index (χ0n) is 12.5. The molecule has 5 nitrogen and oxygen atoms in total. The van der Waals surface area contributed by atoms with Crippen molar-refractivity contribution in [2.45, 2.75) is 45.1 Å². The fourth-order valence-corrected chi connectivity index (χ4v) is 3.33. The fourth-order valence-electron chi connectivity index (χ4n) is 3.33. The van der Waals surface area contributed by atoms with Crippen LogP contribution < -0.4 is 5.56 Å².